The van der Waals surface area contributed by atoms with Crippen LogP contribution in [-0.2, 0) is 9.53 Å². The van der Waals surface area contributed by atoms with Gasteiger partial charge in [0.15, 0.2) is 11.3 Å². The third-order valence-corrected chi connectivity index (χ3v) is 5.05. The van der Waals surface area contributed by atoms with Gasteiger partial charge in [-0.3, -0.25) is 4.79 Å². The number of halogens is 2. The van der Waals surface area contributed by atoms with Crippen molar-refractivity contribution in [3.05, 3.63) is 89.5 Å². The second-order valence-electron chi connectivity index (χ2n) is 6.96. The number of fused-ring (bicyclic) bond motifs is 1. The average Bonchev–Trinajstić information content (AvgIpc) is 2.80. The number of benzene rings is 2. The maximum Gasteiger partial charge on any atom is 0.339 e. The Hall–Kier alpha value is -3.84. The van der Waals surface area contributed by atoms with Crippen LogP contribution in [-0.4, -0.2) is 27.9 Å². The van der Waals surface area contributed by atoms with E-state index in [0.29, 0.717) is 27.8 Å². The zero-order valence-corrected chi connectivity index (χ0v) is 17.6. The number of esters is 1. The maximum absolute atomic E-state index is 13.3. The first-order chi connectivity index (χ1) is 15.4. The van der Waals surface area contributed by atoms with E-state index >= 15 is 0 Å². The molecule has 4 aromatic rings. The minimum Gasteiger partial charge on any atom is -0.449 e. The Labute approximate surface area is 188 Å². The van der Waals surface area contributed by atoms with Gasteiger partial charge in [-0.25, -0.2) is 19.2 Å². The topological polar surface area (TPSA) is 81.2 Å². The van der Waals surface area contributed by atoms with E-state index in [1.165, 1.54) is 25.3 Å². The second-order valence-corrected chi connectivity index (χ2v) is 7.32. The van der Waals surface area contributed by atoms with Crippen LogP contribution in [0.5, 0.6) is 0 Å². The van der Waals surface area contributed by atoms with Gasteiger partial charge in [0, 0.05) is 17.1 Å². The van der Waals surface area contributed by atoms with Crippen molar-refractivity contribution in [2.45, 2.75) is 13.0 Å². The summed E-state index contributed by atoms with van der Waals surface area (Å²) in [5.41, 5.74) is 2.25. The molecule has 2 heterocycles. The molecule has 4 rings (SSSR count). The number of nitrogens with one attached hydrogen (secondary N) is 1. The first-order valence-corrected chi connectivity index (χ1v) is 10.1. The molecule has 1 N–H and O–H groups in total. The fourth-order valence-electron chi connectivity index (χ4n) is 3.10. The van der Waals surface area contributed by atoms with Gasteiger partial charge >= 0.3 is 5.97 Å². The first kappa shape index (κ1) is 21.4. The molecule has 1 amide bonds. The van der Waals surface area contributed by atoms with E-state index in [-0.39, 0.29) is 16.5 Å². The highest BCUT2D eigenvalue weighted by molar-refractivity contribution is 6.32. The number of anilines is 1. The first-order valence-electron chi connectivity index (χ1n) is 9.70. The molecule has 160 valence electrons. The van der Waals surface area contributed by atoms with Crippen molar-refractivity contribution in [2.24, 2.45) is 0 Å². The smallest absolute Gasteiger partial charge is 0.339 e. The van der Waals surface area contributed by atoms with Crippen molar-refractivity contribution in [3.8, 4) is 11.3 Å². The highest BCUT2D eigenvalue weighted by Crippen LogP contribution is 2.26. The Bertz CT molecular complexity index is 1310. The molecule has 0 fully saturated rings. The number of para-hydroxylation sites is 1. The monoisotopic (exact) mass is 449 g/mol. The van der Waals surface area contributed by atoms with E-state index in [1.54, 1.807) is 54.6 Å². The quantitative estimate of drug-likeness (QED) is 0.331. The highest BCUT2D eigenvalue weighted by atomic mass is 35.5. The summed E-state index contributed by atoms with van der Waals surface area (Å²) in [5, 5.41) is 3.29. The number of ether oxygens (including phenoxy) is 1. The van der Waals surface area contributed by atoms with Gasteiger partial charge in [-0.2, -0.15) is 0 Å². The van der Waals surface area contributed by atoms with Crippen LogP contribution in [0.2, 0.25) is 5.15 Å². The van der Waals surface area contributed by atoms with Crippen LogP contribution < -0.4 is 5.32 Å². The zero-order valence-electron chi connectivity index (χ0n) is 16.9. The predicted octanol–water partition coefficient (Wildman–Crippen LogP) is 5.27. The van der Waals surface area contributed by atoms with Gasteiger partial charge in [0.05, 0.1) is 22.5 Å². The van der Waals surface area contributed by atoms with Gasteiger partial charge in [-0.1, -0.05) is 29.8 Å². The fourth-order valence-corrected chi connectivity index (χ4v) is 3.27. The summed E-state index contributed by atoms with van der Waals surface area (Å²) in [6.45, 7) is 1.46. The lowest BCUT2D eigenvalue weighted by atomic mass is 10.0. The normalized spacial score (nSPS) is 11.7. The van der Waals surface area contributed by atoms with Gasteiger partial charge in [0.2, 0.25) is 0 Å². The van der Waals surface area contributed by atoms with Crippen LogP contribution in [0.15, 0.2) is 72.9 Å². The van der Waals surface area contributed by atoms with E-state index in [4.69, 9.17) is 16.3 Å². The lowest BCUT2D eigenvalue weighted by molar-refractivity contribution is -0.123. The molecule has 0 spiro atoms. The van der Waals surface area contributed by atoms with Crippen LogP contribution in [0.1, 0.15) is 17.3 Å². The SMILES string of the molecule is CC(OC(=O)c1cc(-c2ccc(F)cc2)nc2ccccc12)C(=O)Nc1cccnc1Cl. The average molecular weight is 450 g/mol. The van der Waals surface area contributed by atoms with Crippen molar-refractivity contribution in [2.75, 3.05) is 5.32 Å². The molecular formula is C24H17ClFN3O3. The van der Waals surface area contributed by atoms with E-state index in [1.807, 2.05) is 0 Å². The van der Waals surface area contributed by atoms with Crippen molar-refractivity contribution >= 4 is 40.1 Å². The third-order valence-electron chi connectivity index (χ3n) is 4.75. The molecule has 0 aliphatic heterocycles. The number of hydrogen-bond acceptors (Lipinski definition) is 5. The molecule has 2 aromatic carbocycles. The second kappa shape index (κ2) is 9.11. The summed E-state index contributed by atoms with van der Waals surface area (Å²) < 4.78 is 18.7. The minimum atomic E-state index is -1.10. The number of carbonyl (C=O) groups excluding carboxylic acids is 2. The molecule has 2 aromatic heterocycles. The van der Waals surface area contributed by atoms with E-state index in [0.717, 1.165) is 0 Å². The standard InChI is InChI=1S/C24H17ClFN3O3/c1-14(23(30)29-20-7-4-12-27-22(20)25)32-24(31)18-13-21(15-8-10-16(26)11-9-15)28-19-6-3-2-5-17(18)19/h2-14H,1H3,(H,29,30). The van der Waals surface area contributed by atoms with Crippen LogP contribution in [0, 0.1) is 5.82 Å². The third kappa shape index (κ3) is 4.58. The number of aromatic nitrogens is 2. The van der Waals surface area contributed by atoms with Gasteiger partial charge in [0.25, 0.3) is 5.91 Å². The number of amides is 1. The number of rotatable bonds is 5. The molecule has 1 atom stereocenters. The van der Waals surface area contributed by atoms with Crippen molar-refractivity contribution in [3.63, 3.8) is 0 Å². The summed E-state index contributed by atoms with van der Waals surface area (Å²) in [6, 6.07) is 17.7. The molecule has 32 heavy (non-hydrogen) atoms. The molecule has 0 saturated heterocycles. The summed E-state index contributed by atoms with van der Waals surface area (Å²) in [4.78, 5) is 34.0. The van der Waals surface area contributed by atoms with Crippen LogP contribution in [0.3, 0.4) is 0 Å². The zero-order chi connectivity index (χ0) is 22.7. The molecule has 1 unspecified atom stereocenters. The van der Waals surface area contributed by atoms with E-state index < -0.39 is 18.0 Å². The van der Waals surface area contributed by atoms with Crippen LogP contribution in [0.25, 0.3) is 22.2 Å². The van der Waals surface area contributed by atoms with Crippen LogP contribution >= 0.6 is 11.6 Å². The van der Waals surface area contributed by atoms with Crippen molar-refractivity contribution < 1.29 is 18.7 Å². The predicted molar refractivity (Wildman–Crippen MR) is 120 cm³/mol. The Morgan fingerprint density at radius 2 is 1.81 bits per heavy atom. The minimum absolute atomic E-state index is 0.128. The Kier molecular flexibility index (Phi) is 6.09. The number of carbonyl (C=O) groups is 2. The van der Waals surface area contributed by atoms with Gasteiger partial charge < -0.3 is 10.1 Å². The summed E-state index contributed by atoms with van der Waals surface area (Å²) >= 11 is 5.96. The van der Waals surface area contributed by atoms with Gasteiger partial charge in [-0.05, 0) is 55.5 Å². The van der Waals surface area contributed by atoms with Gasteiger partial charge in [-0.15, -0.1) is 0 Å². The fraction of sp³-hybridized carbons (Fsp3) is 0.0833. The van der Waals surface area contributed by atoms with Crippen molar-refractivity contribution in [1.82, 2.24) is 9.97 Å². The highest BCUT2D eigenvalue weighted by Gasteiger charge is 2.22. The molecule has 8 heteroatoms. The Morgan fingerprint density at radius 3 is 2.56 bits per heavy atom. The van der Waals surface area contributed by atoms with Gasteiger partial charge in [0.1, 0.15) is 5.82 Å². The van der Waals surface area contributed by atoms with E-state index in [9.17, 15) is 14.0 Å². The largest absolute Gasteiger partial charge is 0.449 e. The van der Waals surface area contributed by atoms with Crippen LogP contribution in [0.4, 0.5) is 10.1 Å². The molecule has 0 radical (unpaired) electrons. The maximum atomic E-state index is 13.3. The number of hydrogen-bond donors (Lipinski definition) is 1. The summed E-state index contributed by atoms with van der Waals surface area (Å²) in [7, 11) is 0. The van der Waals surface area contributed by atoms with E-state index in [2.05, 4.69) is 15.3 Å². The molecular weight excluding hydrogens is 433 g/mol. The van der Waals surface area contributed by atoms with Crippen molar-refractivity contribution in [1.29, 1.82) is 0 Å². The lowest BCUT2D eigenvalue weighted by Crippen LogP contribution is -2.30. The molecule has 0 aliphatic rings. The Balaban J connectivity index is 1.61. The summed E-state index contributed by atoms with van der Waals surface area (Å²) in [5.74, 6) is -1.61. The number of nitrogens with zero attached hydrogens (tertiary/aromatic N) is 2. The lowest BCUT2D eigenvalue weighted by Gasteiger charge is -2.15. The Morgan fingerprint density at radius 1 is 1.06 bits per heavy atom. The molecule has 0 bridgehead atoms. The number of pyridine rings is 2. The molecule has 0 aliphatic carbocycles. The molecule has 0 saturated carbocycles. The molecule has 6 nitrogen and oxygen atoms in total. The summed E-state index contributed by atoms with van der Waals surface area (Å²) in [6.07, 6.45) is 0.397.